The van der Waals surface area contributed by atoms with Crippen LogP contribution in [0, 0.1) is 13.8 Å². The predicted octanol–water partition coefficient (Wildman–Crippen LogP) is 2.20. The zero-order valence-corrected chi connectivity index (χ0v) is 13.0. The lowest BCUT2D eigenvalue weighted by molar-refractivity contribution is 0.0489. The molecule has 6 heteroatoms. The van der Waals surface area contributed by atoms with E-state index in [1.807, 2.05) is 26.0 Å². The molecule has 0 saturated carbocycles. The Hall–Kier alpha value is -2.89. The Bertz CT molecular complexity index is 924. The fourth-order valence-electron chi connectivity index (χ4n) is 2.58. The van der Waals surface area contributed by atoms with Gasteiger partial charge in [-0.15, -0.1) is 0 Å². The van der Waals surface area contributed by atoms with Crippen LogP contribution in [0.3, 0.4) is 0 Å². The molecule has 0 radical (unpaired) electrons. The third-order valence-electron chi connectivity index (χ3n) is 3.61. The molecule has 0 fully saturated rings. The minimum atomic E-state index is -0.506. The fraction of sp³-hybridized carbons (Fsp3) is 0.235. The molecule has 0 amide bonds. The molecule has 0 aliphatic heterocycles. The van der Waals surface area contributed by atoms with E-state index in [-0.39, 0.29) is 17.7 Å². The molecule has 1 N–H and O–H groups in total. The maximum atomic E-state index is 12.3. The van der Waals surface area contributed by atoms with Gasteiger partial charge in [-0.1, -0.05) is 18.2 Å². The average molecular weight is 311 g/mol. The smallest absolute Gasteiger partial charge is 0.339 e. The fourth-order valence-corrected chi connectivity index (χ4v) is 2.58. The summed E-state index contributed by atoms with van der Waals surface area (Å²) in [5.41, 5.74) is 2.51. The van der Waals surface area contributed by atoms with Gasteiger partial charge in [0.25, 0.3) is 0 Å². The van der Waals surface area contributed by atoms with Crippen LogP contribution >= 0.6 is 0 Å². The van der Waals surface area contributed by atoms with Crippen LogP contribution in [-0.4, -0.2) is 27.3 Å². The Labute approximate surface area is 132 Å². The lowest BCUT2D eigenvalue weighted by Gasteiger charge is -2.08. The number of para-hydroxylation sites is 1. The van der Waals surface area contributed by atoms with Gasteiger partial charge in [-0.05, 0) is 26.0 Å². The number of aryl methyl sites for hydroxylation is 2. The molecule has 2 aromatic heterocycles. The highest BCUT2D eigenvalue weighted by Gasteiger charge is 2.13. The van der Waals surface area contributed by atoms with E-state index < -0.39 is 5.97 Å². The number of fused-ring (bicyclic) bond motifs is 1. The van der Waals surface area contributed by atoms with Crippen LogP contribution in [0.25, 0.3) is 10.9 Å². The molecule has 0 saturated heterocycles. The molecule has 3 aromatic rings. The van der Waals surface area contributed by atoms with Crippen molar-refractivity contribution in [2.45, 2.75) is 20.4 Å². The summed E-state index contributed by atoms with van der Waals surface area (Å²) in [6, 6.07) is 10.4. The first-order valence-corrected chi connectivity index (χ1v) is 7.35. The van der Waals surface area contributed by atoms with Crippen LogP contribution in [0.2, 0.25) is 0 Å². The number of benzene rings is 1. The highest BCUT2D eigenvalue weighted by Crippen LogP contribution is 2.15. The van der Waals surface area contributed by atoms with E-state index in [1.54, 1.807) is 22.9 Å². The van der Waals surface area contributed by atoms with Crippen LogP contribution in [-0.2, 0) is 11.3 Å². The molecule has 0 aliphatic rings. The third kappa shape index (κ3) is 3.15. The van der Waals surface area contributed by atoms with Crippen molar-refractivity contribution in [3.8, 4) is 0 Å². The van der Waals surface area contributed by atoms with Gasteiger partial charge >= 0.3 is 5.97 Å². The zero-order chi connectivity index (χ0) is 16.4. The molecule has 0 atom stereocenters. The second-order valence-electron chi connectivity index (χ2n) is 5.38. The van der Waals surface area contributed by atoms with Crippen molar-refractivity contribution in [2.75, 3.05) is 6.61 Å². The lowest BCUT2D eigenvalue weighted by atomic mass is 10.1. The van der Waals surface area contributed by atoms with Crippen LogP contribution in [0.5, 0.6) is 0 Å². The highest BCUT2D eigenvalue weighted by atomic mass is 16.5. The summed E-state index contributed by atoms with van der Waals surface area (Å²) >= 11 is 0. The Morgan fingerprint density at radius 3 is 2.78 bits per heavy atom. The van der Waals surface area contributed by atoms with Crippen molar-refractivity contribution in [1.29, 1.82) is 0 Å². The van der Waals surface area contributed by atoms with Crippen LogP contribution in [0.4, 0.5) is 0 Å². The number of nitrogens with zero attached hydrogens (tertiary/aromatic N) is 2. The van der Waals surface area contributed by atoms with Crippen LogP contribution in [0.1, 0.15) is 21.7 Å². The first-order chi connectivity index (χ1) is 11.0. The first kappa shape index (κ1) is 15.0. The number of aromatic nitrogens is 3. The Balaban J connectivity index is 1.76. The summed E-state index contributed by atoms with van der Waals surface area (Å²) in [6.07, 6.45) is 0. The van der Waals surface area contributed by atoms with E-state index in [4.69, 9.17) is 4.74 Å². The van der Waals surface area contributed by atoms with Gasteiger partial charge in [-0.3, -0.25) is 9.48 Å². The minimum Gasteiger partial charge on any atom is -0.460 e. The highest BCUT2D eigenvalue weighted by molar-refractivity contribution is 6.03. The summed E-state index contributed by atoms with van der Waals surface area (Å²) < 4.78 is 7.10. The molecule has 0 bridgehead atoms. The monoisotopic (exact) mass is 311 g/mol. The van der Waals surface area contributed by atoms with Crippen molar-refractivity contribution < 1.29 is 9.53 Å². The molecule has 0 unspecified atom stereocenters. The van der Waals surface area contributed by atoms with Crippen molar-refractivity contribution in [2.24, 2.45) is 0 Å². The van der Waals surface area contributed by atoms with E-state index in [0.717, 1.165) is 11.4 Å². The van der Waals surface area contributed by atoms with E-state index in [1.165, 1.54) is 6.07 Å². The van der Waals surface area contributed by atoms with Gasteiger partial charge in [-0.2, -0.15) is 5.10 Å². The number of carbonyl (C=O) groups excluding carboxylic acids is 1. The largest absolute Gasteiger partial charge is 0.460 e. The van der Waals surface area contributed by atoms with E-state index >= 15 is 0 Å². The predicted molar refractivity (Wildman–Crippen MR) is 86.6 cm³/mol. The normalized spacial score (nSPS) is 10.9. The molecular weight excluding hydrogens is 294 g/mol. The summed E-state index contributed by atoms with van der Waals surface area (Å²) in [4.78, 5) is 26.7. The topological polar surface area (TPSA) is 77.0 Å². The van der Waals surface area contributed by atoms with Crippen molar-refractivity contribution in [3.05, 3.63) is 63.7 Å². The zero-order valence-electron chi connectivity index (χ0n) is 13.0. The van der Waals surface area contributed by atoms with Crippen LogP contribution < -0.4 is 5.56 Å². The number of hydrogen-bond acceptors (Lipinski definition) is 4. The second-order valence-corrected chi connectivity index (χ2v) is 5.38. The number of hydrogen-bond donors (Lipinski definition) is 1. The number of H-pyrrole nitrogens is 1. The quantitative estimate of drug-likeness (QED) is 0.749. The van der Waals surface area contributed by atoms with Gasteiger partial charge in [0.15, 0.2) is 0 Å². The van der Waals surface area contributed by atoms with Crippen LogP contribution in [0.15, 0.2) is 41.2 Å². The first-order valence-electron chi connectivity index (χ1n) is 7.35. The summed E-state index contributed by atoms with van der Waals surface area (Å²) in [5, 5.41) is 4.98. The number of carbonyl (C=O) groups is 1. The van der Waals surface area contributed by atoms with Gasteiger partial charge in [0, 0.05) is 22.7 Å². The summed E-state index contributed by atoms with van der Waals surface area (Å²) in [5.74, 6) is -0.506. The number of nitrogens with one attached hydrogen (secondary N) is 1. The Morgan fingerprint density at radius 1 is 1.26 bits per heavy atom. The van der Waals surface area contributed by atoms with Gasteiger partial charge < -0.3 is 9.72 Å². The minimum absolute atomic E-state index is 0.196. The van der Waals surface area contributed by atoms with Crippen molar-refractivity contribution in [1.82, 2.24) is 14.8 Å². The number of pyridine rings is 1. The molecule has 118 valence electrons. The van der Waals surface area contributed by atoms with E-state index in [9.17, 15) is 9.59 Å². The Kier molecular flexibility index (Phi) is 3.97. The van der Waals surface area contributed by atoms with Gasteiger partial charge in [0.1, 0.15) is 6.61 Å². The van der Waals surface area contributed by atoms with Gasteiger partial charge in [0.05, 0.1) is 17.8 Å². The molecule has 0 spiro atoms. The SMILES string of the molecule is Cc1cc(C)n(CCOC(=O)c2cc(=O)[nH]c3ccccc23)n1. The van der Waals surface area contributed by atoms with Gasteiger partial charge in [-0.25, -0.2) is 4.79 Å². The standard InChI is InChI=1S/C17H17N3O3/c1-11-9-12(2)20(19-11)7-8-23-17(22)14-10-16(21)18-15-6-4-3-5-13(14)15/h3-6,9-10H,7-8H2,1-2H3,(H,18,21). The third-order valence-corrected chi connectivity index (χ3v) is 3.61. The second kappa shape index (κ2) is 6.08. The molecule has 1 aromatic carbocycles. The molecule has 0 aliphatic carbocycles. The summed E-state index contributed by atoms with van der Waals surface area (Å²) in [6.45, 7) is 4.54. The maximum Gasteiger partial charge on any atom is 0.339 e. The number of aromatic amines is 1. The van der Waals surface area contributed by atoms with Crippen molar-refractivity contribution >= 4 is 16.9 Å². The lowest BCUT2D eigenvalue weighted by Crippen LogP contribution is -2.16. The summed E-state index contributed by atoms with van der Waals surface area (Å²) in [7, 11) is 0. The average Bonchev–Trinajstić information content (AvgIpc) is 2.84. The number of ether oxygens (including phenoxy) is 1. The molecule has 23 heavy (non-hydrogen) atoms. The molecule has 3 rings (SSSR count). The Morgan fingerprint density at radius 2 is 2.04 bits per heavy atom. The molecule has 6 nitrogen and oxygen atoms in total. The van der Waals surface area contributed by atoms with E-state index in [2.05, 4.69) is 10.1 Å². The molecule has 2 heterocycles. The number of esters is 1. The van der Waals surface area contributed by atoms with E-state index in [0.29, 0.717) is 17.4 Å². The maximum absolute atomic E-state index is 12.3. The van der Waals surface area contributed by atoms with Crippen molar-refractivity contribution in [3.63, 3.8) is 0 Å². The number of rotatable bonds is 4. The van der Waals surface area contributed by atoms with Gasteiger partial charge in [0.2, 0.25) is 5.56 Å². The molecular formula is C17H17N3O3.